The highest BCUT2D eigenvalue weighted by Crippen LogP contribution is 2.45. The minimum Gasteiger partial charge on any atom is -0.200 e. The minimum atomic E-state index is -0.407. The number of benzene rings is 3. The molecule has 0 fully saturated rings. The van der Waals surface area contributed by atoms with Crippen LogP contribution in [0.1, 0.15) is 31.9 Å². The van der Waals surface area contributed by atoms with Crippen molar-refractivity contribution in [2.24, 2.45) is 12.5 Å². The average Bonchev–Trinajstić information content (AvgIpc) is 2.65. The molecule has 0 bridgehead atoms. The number of nitrogens with zero attached hydrogens (tertiary/aromatic N) is 1. The van der Waals surface area contributed by atoms with Crippen LogP contribution in [0.5, 0.6) is 0 Å². The molecule has 2 heterocycles. The maximum atomic E-state index is 2.47. The van der Waals surface area contributed by atoms with Gasteiger partial charge < -0.3 is 0 Å². The average molecular weight is 399 g/mol. The van der Waals surface area contributed by atoms with Crippen LogP contribution in [0.3, 0.4) is 0 Å². The predicted molar refractivity (Wildman–Crippen MR) is 128 cm³/mol. The predicted octanol–water partition coefficient (Wildman–Crippen LogP) is 5.76. The van der Waals surface area contributed by atoms with E-state index in [9.17, 15) is 0 Å². The molecule has 0 saturated heterocycles. The van der Waals surface area contributed by atoms with Gasteiger partial charge in [-0.05, 0) is 61.2 Å². The molecular formula is C27H29NP+. The number of hydrogen-bond donors (Lipinski definition) is 0. The van der Waals surface area contributed by atoms with E-state index in [1.165, 1.54) is 49.2 Å². The molecule has 4 aromatic rings. The summed E-state index contributed by atoms with van der Waals surface area (Å²) in [6, 6.07) is 18.5. The van der Waals surface area contributed by atoms with E-state index in [1.807, 2.05) is 0 Å². The third kappa shape index (κ3) is 2.90. The molecule has 0 amide bonds. The van der Waals surface area contributed by atoms with Gasteiger partial charge in [0.05, 0.1) is 10.9 Å². The van der Waals surface area contributed by atoms with Crippen molar-refractivity contribution in [3.8, 4) is 11.3 Å². The summed E-state index contributed by atoms with van der Waals surface area (Å²) in [6.45, 7) is 11.7. The first-order valence-corrected chi connectivity index (χ1v) is 12.3. The van der Waals surface area contributed by atoms with Crippen LogP contribution in [-0.2, 0) is 13.5 Å². The summed E-state index contributed by atoms with van der Waals surface area (Å²) in [5, 5.41) is 8.70. The molecule has 1 aromatic heterocycles. The zero-order valence-corrected chi connectivity index (χ0v) is 19.2. The summed E-state index contributed by atoms with van der Waals surface area (Å²) in [6.07, 6.45) is 3.43. The van der Waals surface area contributed by atoms with Crippen molar-refractivity contribution >= 4 is 40.1 Å². The quantitative estimate of drug-likeness (QED) is 0.284. The highest BCUT2D eigenvalue weighted by Gasteiger charge is 2.33. The van der Waals surface area contributed by atoms with Crippen molar-refractivity contribution in [3.05, 3.63) is 65.9 Å². The van der Waals surface area contributed by atoms with Crippen molar-refractivity contribution in [2.75, 3.05) is 6.66 Å². The first kappa shape index (κ1) is 18.8. The number of pyridine rings is 1. The third-order valence-corrected chi connectivity index (χ3v) is 8.40. The van der Waals surface area contributed by atoms with Gasteiger partial charge in [0.1, 0.15) is 7.05 Å². The molecule has 1 aliphatic rings. The van der Waals surface area contributed by atoms with Gasteiger partial charge in [-0.15, -0.1) is 0 Å². The van der Waals surface area contributed by atoms with Gasteiger partial charge in [-0.1, -0.05) is 63.2 Å². The molecule has 1 aliphatic heterocycles. The number of aryl methyl sites for hydroxylation is 2. The number of fused-ring (bicyclic) bond motifs is 4. The van der Waals surface area contributed by atoms with Crippen LogP contribution < -0.4 is 15.2 Å². The minimum absolute atomic E-state index is 0.291. The van der Waals surface area contributed by atoms with Crippen LogP contribution in [0.4, 0.5) is 0 Å². The van der Waals surface area contributed by atoms with Gasteiger partial charge in [0.15, 0.2) is 6.20 Å². The molecule has 146 valence electrons. The topological polar surface area (TPSA) is 3.88 Å². The zero-order valence-electron chi connectivity index (χ0n) is 18.3. The SMILES string of the molecule is Cc1ccc2cccc3c2c1-c1c(c2cc(CC(C)(C)C)ccc2c[n+]1C)P3C. The smallest absolute Gasteiger partial charge is 0.200 e. The first-order valence-electron chi connectivity index (χ1n) is 10.5. The zero-order chi connectivity index (χ0) is 20.5. The lowest BCUT2D eigenvalue weighted by Crippen LogP contribution is -2.39. The molecule has 0 N–H and O–H groups in total. The fourth-order valence-electron chi connectivity index (χ4n) is 5.01. The highest BCUT2D eigenvalue weighted by molar-refractivity contribution is 7.73. The summed E-state index contributed by atoms with van der Waals surface area (Å²) in [4.78, 5) is 0. The summed E-state index contributed by atoms with van der Waals surface area (Å²) in [5.41, 5.74) is 5.95. The van der Waals surface area contributed by atoms with Gasteiger partial charge in [-0.2, -0.15) is 4.57 Å². The van der Waals surface area contributed by atoms with Crippen LogP contribution in [-0.4, -0.2) is 6.66 Å². The summed E-state index contributed by atoms with van der Waals surface area (Å²) < 4.78 is 2.37. The van der Waals surface area contributed by atoms with Gasteiger partial charge in [-0.25, -0.2) is 0 Å². The monoisotopic (exact) mass is 398 g/mol. The van der Waals surface area contributed by atoms with Gasteiger partial charge in [0.25, 0.3) is 0 Å². The molecule has 0 spiro atoms. The Bertz CT molecular complexity index is 1290. The Morgan fingerprint density at radius 1 is 0.966 bits per heavy atom. The second kappa shape index (κ2) is 6.38. The molecule has 1 nitrogen and oxygen atoms in total. The standard InChI is InChI=1S/C27H29NP/c1-17-10-12-19-8-7-9-22-24(19)23(17)25-26(29(22)6)21-14-18(15-27(2,3)4)11-13-20(21)16-28(25)5/h7-14,16H,15H2,1-6H3/q+1. The second-order valence-corrected chi connectivity index (χ2v) is 11.8. The van der Waals surface area contributed by atoms with Crippen molar-refractivity contribution in [1.82, 2.24) is 0 Å². The van der Waals surface area contributed by atoms with E-state index in [2.05, 4.69) is 101 Å². The van der Waals surface area contributed by atoms with E-state index in [-0.39, 0.29) is 0 Å². The molecule has 29 heavy (non-hydrogen) atoms. The summed E-state index contributed by atoms with van der Waals surface area (Å²) in [5.74, 6) is 0. The van der Waals surface area contributed by atoms with E-state index in [1.54, 1.807) is 5.30 Å². The van der Waals surface area contributed by atoms with E-state index >= 15 is 0 Å². The Morgan fingerprint density at radius 2 is 1.72 bits per heavy atom. The van der Waals surface area contributed by atoms with Crippen LogP contribution >= 0.6 is 7.92 Å². The largest absolute Gasteiger partial charge is 0.221 e. The lowest BCUT2D eigenvalue weighted by Gasteiger charge is -2.27. The molecular weight excluding hydrogens is 369 g/mol. The lowest BCUT2D eigenvalue weighted by atomic mass is 9.87. The molecule has 0 saturated carbocycles. The van der Waals surface area contributed by atoms with Gasteiger partial charge >= 0.3 is 0 Å². The fourth-order valence-corrected chi connectivity index (χ4v) is 7.28. The van der Waals surface area contributed by atoms with E-state index in [0.717, 1.165) is 6.42 Å². The van der Waals surface area contributed by atoms with Crippen molar-refractivity contribution < 1.29 is 4.57 Å². The van der Waals surface area contributed by atoms with Gasteiger partial charge in [0.2, 0.25) is 5.69 Å². The van der Waals surface area contributed by atoms with Gasteiger partial charge in [-0.3, -0.25) is 0 Å². The Labute approximate surface area is 175 Å². The molecule has 1 atom stereocenters. The van der Waals surface area contributed by atoms with Crippen LogP contribution in [0.2, 0.25) is 0 Å². The molecule has 1 unspecified atom stereocenters. The van der Waals surface area contributed by atoms with E-state index < -0.39 is 7.92 Å². The summed E-state index contributed by atoms with van der Waals surface area (Å²) >= 11 is 0. The van der Waals surface area contributed by atoms with Crippen LogP contribution in [0.15, 0.2) is 54.7 Å². The van der Waals surface area contributed by atoms with Gasteiger partial charge in [0, 0.05) is 16.2 Å². The molecule has 5 rings (SSSR count). The maximum Gasteiger partial charge on any atom is 0.221 e. The molecule has 0 radical (unpaired) electrons. The number of aromatic nitrogens is 1. The van der Waals surface area contributed by atoms with Crippen LogP contribution in [0.25, 0.3) is 32.8 Å². The van der Waals surface area contributed by atoms with E-state index in [4.69, 9.17) is 0 Å². The van der Waals surface area contributed by atoms with Crippen molar-refractivity contribution in [3.63, 3.8) is 0 Å². The lowest BCUT2D eigenvalue weighted by molar-refractivity contribution is -0.658. The normalized spacial score (nSPS) is 15.7. The third-order valence-electron chi connectivity index (χ3n) is 6.18. The van der Waals surface area contributed by atoms with Crippen LogP contribution in [0, 0.1) is 12.3 Å². The summed E-state index contributed by atoms with van der Waals surface area (Å²) in [7, 11) is 1.81. The van der Waals surface area contributed by atoms with Crippen molar-refractivity contribution in [1.29, 1.82) is 0 Å². The maximum absolute atomic E-state index is 2.47. The second-order valence-electron chi connectivity index (χ2n) is 9.79. The molecule has 3 aromatic carbocycles. The molecule has 2 heteroatoms. The highest BCUT2D eigenvalue weighted by atomic mass is 31.1. The Kier molecular flexibility index (Phi) is 4.13. The van der Waals surface area contributed by atoms with Crippen molar-refractivity contribution in [2.45, 2.75) is 34.1 Å². The Morgan fingerprint density at radius 3 is 2.48 bits per heavy atom. The molecule has 0 aliphatic carbocycles. The Hall–Kier alpha value is -2.24. The first-order chi connectivity index (χ1) is 13.7. The fraction of sp³-hybridized carbons (Fsp3) is 0.296. The Balaban J connectivity index is 1.90. The number of rotatable bonds is 1. The van der Waals surface area contributed by atoms with E-state index in [0.29, 0.717) is 5.41 Å². The number of hydrogen-bond acceptors (Lipinski definition) is 0.